The van der Waals surface area contributed by atoms with E-state index in [9.17, 15) is 9.59 Å². The SMILES string of the molecule is CCC(=O)OC1C(Cl)=C(C)C(=O)N1c1n[nH]c(C)n1. The minimum atomic E-state index is -0.989. The monoisotopic (exact) mass is 284 g/mol. The Morgan fingerprint density at radius 1 is 1.53 bits per heavy atom. The fourth-order valence-corrected chi connectivity index (χ4v) is 1.86. The minimum Gasteiger partial charge on any atom is -0.436 e. The molecule has 0 aliphatic carbocycles. The number of ether oxygens (including phenoxy) is 1. The van der Waals surface area contributed by atoms with Crippen LogP contribution in [0.3, 0.4) is 0 Å². The lowest BCUT2D eigenvalue weighted by Crippen LogP contribution is -2.39. The molecule has 0 fully saturated rings. The molecule has 1 unspecified atom stereocenters. The average Bonchev–Trinajstić information content (AvgIpc) is 2.88. The number of carbonyl (C=O) groups excluding carboxylic acids is 2. The van der Waals surface area contributed by atoms with E-state index in [0.717, 1.165) is 4.90 Å². The Kier molecular flexibility index (Phi) is 3.57. The van der Waals surface area contributed by atoms with Gasteiger partial charge in [0.2, 0.25) is 6.23 Å². The van der Waals surface area contributed by atoms with Crippen LogP contribution in [0.15, 0.2) is 10.6 Å². The van der Waals surface area contributed by atoms with E-state index in [-0.39, 0.29) is 23.3 Å². The Morgan fingerprint density at radius 2 is 2.21 bits per heavy atom. The van der Waals surface area contributed by atoms with Crippen molar-refractivity contribution in [1.82, 2.24) is 15.2 Å². The zero-order valence-electron chi connectivity index (χ0n) is 10.7. The van der Waals surface area contributed by atoms with Crippen molar-refractivity contribution in [2.24, 2.45) is 0 Å². The number of rotatable bonds is 3. The lowest BCUT2D eigenvalue weighted by Gasteiger charge is -2.21. The first-order chi connectivity index (χ1) is 8.95. The number of anilines is 1. The molecule has 1 atom stereocenters. The number of aryl methyl sites for hydroxylation is 1. The van der Waals surface area contributed by atoms with Gasteiger partial charge < -0.3 is 4.74 Å². The Labute approximate surface area is 114 Å². The number of nitrogens with zero attached hydrogens (tertiary/aromatic N) is 3. The predicted octanol–water partition coefficient (Wildman–Crippen LogP) is 1.25. The van der Waals surface area contributed by atoms with Gasteiger partial charge in [-0.25, -0.2) is 4.90 Å². The average molecular weight is 285 g/mol. The number of hydrogen-bond donors (Lipinski definition) is 1. The van der Waals surface area contributed by atoms with Gasteiger partial charge in [-0.15, -0.1) is 5.10 Å². The van der Waals surface area contributed by atoms with Gasteiger partial charge in [-0.1, -0.05) is 18.5 Å². The number of esters is 1. The second-order valence-electron chi connectivity index (χ2n) is 4.06. The van der Waals surface area contributed by atoms with E-state index >= 15 is 0 Å². The Balaban J connectivity index is 2.35. The van der Waals surface area contributed by atoms with Crippen LogP contribution in [0.25, 0.3) is 0 Å². The van der Waals surface area contributed by atoms with Crippen molar-refractivity contribution in [2.45, 2.75) is 33.4 Å². The minimum absolute atomic E-state index is 0.131. The van der Waals surface area contributed by atoms with Crippen molar-refractivity contribution < 1.29 is 14.3 Å². The zero-order chi connectivity index (χ0) is 14.2. The number of aromatic amines is 1. The Morgan fingerprint density at radius 3 is 2.74 bits per heavy atom. The van der Waals surface area contributed by atoms with E-state index in [1.54, 1.807) is 20.8 Å². The van der Waals surface area contributed by atoms with Crippen LogP contribution in [0.2, 0.25) is 0 Å². The third kappa shape index (κ3) is 2.33. The van der Waals surface area contributed by atoms with E-state index in [1.807, 2.05) is 0 Å². The van der Waals surface area contributed by atoms with Crippen LogP contribution >= 0.6 is 11.6 Å². The number of H-pyrrole nitrogens is 1. The lowest BCUT2D eigenvalue weighted by atomic mass is 10.3. The molecule has 0 radical (unpaired) electrons. The van der Waals surface area contributed by atoms with E-state index in [0.29, 0.717) is 11.4 Å². The quantitative estimate of drug-likeness (QED) is 0.844. The highest BCUT2D eigenvalue weighted by molar-refractivity contribution is 6.35. The molecule has 0 saturated heterocycles. The van der Waals surface area contributed by atoms with Crippen molar-refractivity contribution in [3.8, 4) is 0 Å². The third-order valence-corrected chi connectivity index (χ3v) is 3.15. The number of amides is 1. The van der Waals surface area contributed by atoms with Crippen molar-refractivity contribution in [2.75, 3.05) is 4.90 Å². The fraction of sp³-hybridized carbons (Fsp3) is 0.455. The highest BCUT2D eigenvalue weighted by Gasteiger charge is 2.41. The predicted molar refractivity (Wildman–Crippen MR) is 67.3 cm³/mol. The maximum absolute atomic E-state index is 12.1. The molecule has 2 rings (SSSR count). The number of nitrogens with one attached hydrogen (secondary N) is 1. The van der Waals surface area contributed by atoms with Crippen LogP contribution in [0.1, 0.15) is 26.1 Å². The van der Waals surface area contributed by atoms with Gasteiger partial charge in [0.05, 0.1) is 5.03 Å². The first-order valence-corrected chi connectivity index (χ1v) is 6.11. The van der Waals surface area contributed by atoms with Crippen LogP contribution in [0.5, 0.6) is 0 Å². The molecular weight excluding hydrogens is 272 g/mol. The Hall–Kier alpha value is -1.89. The van der Waals surface area contributed by atoms with E-state index in [2.05, 4.69) is 15.2 Å². The summed E-state index contributed by atoms with van der Waals surface area (Å²) in [6, 6.07) is 0. The maximum atomic E-state index is 12.1. The molecule has 1 amide bonds. The molecular formula is C11H13ClN4O3. The number of halogens is 1. The van der Waals surface area contributed by atoms with Gasteiger partial charge in [-0.3, -0.25) is 14.7 Å². The normalized spacial score (nSPS) is 19.3. The van der Waals surface area contributed by atoms with Gasteiger partial charge in [-0.05, 0) is 13.8 Å². The summed E-state index contributed by atoms with van der Waals surface area (Å²) in [5.74, 6) is -0.156. The maximum Gasteiger partial charge on any atom is 0.307 e. The topological polar surface area (TPSA) is 88.2 Å². The molecule has 2 heterocycles. The van der Waals surface area contributed by atoms with Crippen molar-refractivity contribution in [3.63, 3.8) is 0 Å². The zero-order valence-corrected chi connectivity index (χ0v) is 11.5. The summed E-state index contributed by atoms with van der Waals surface area (Å²) in [7, 11) is 0. The molecule has 1 aromatic heterocycles. The number of hydrogen-bond acceptors (Lipinski definition) is 5. The second-order valence-corrected chi connectivity index (χ2v) is 4.47. The van der Waals surface area contributed by atoms with Gasteiger partial charge in [-0.2, -0.15) is 4.98 Å². The molecule has 0 spiro atoms. The first kappa shape index (κ1) is 13.5. The van der Waals surface area contributed by atoms with Gasteiger partial charge in [0.15, 0.2) is 0 Å². The summed E-state index contributed by atoms with van der Waals surface area (Å²) >= 11 is 6.05. The fourth-order valence-electron chi connectivity index (χ4n) is 1.63. The summed E-state index contributed by atoms with van der Waals surface area (Å²) in [6.45, 7) is 4.92. The molecule has 19 heavy (non-hydrogen) atoms. The highest BCUT2D eigenvalue weighted by Crippen LogP contribution is 2.32. The lowest BCUT2D eigenvalue weighted by molar-refractivity contribution is -0.146. The number of aromatic nitrogens is 3. The van der Waals surface area contributed by atoms with E-state index in [4.69, 9.17) is 16.3 Å². The van der Waals surface area contributed by atoms with Crippen LogP contribution in [-0.2, 0) is 14.3 Å². The highest BCUT2D eigenvalue weighted by atomic mass is 35.5. The molecule has 0 aromatic carbocycles. The molecule has 0 saturated carbocycles. The standard InChI is InChI=1S/C11H13ClN4O3/c1-4-7(17)19-10-8(12)5(2)9(18)16(10)11-13-6(3)14-15-11/h10H,4H2,1-3H3,(H,13,14,15). The van der Waals surface area contributed by atoms with Crippen LogP contribution in [-0.4, -0.2) is 33.3 Å². The van der Waals surface area contributed by atoms with Crippen LogP contribution < -0.4 is 4.90 Å². The molecule has 7 nitrogen and oxygen atoms in total. The van der Waals surface area contributed by atoms with Gasteiger partial charge in [0.25, 0.3) is 11.9 Å². The van der Waals surface area contributed by atoms with Crippen molar-refractivity contribution in [1.29, 1.82) is 0 Å². The molecule has 1 aromatic rings. The third-order valence-electron chi connectivity index (χ3n) is 2.68. The van der Waals surface area contributed by atoms with E-state index < -0.39 is 12.2 Å². The van der Waals surface area contributed by atoms with Crippen molar-refractivity contribution in [3.05, 3.63) is 16.4 Å². The molecule has 1 aliphatic rings. The summed E-state index contributed by atoms with van der Waals surface area (Å²) < 4.78 is 5.17. The molecule has 8 heteroatoms. The van der Waals surface area contributed by atoms with Gasteiger partial charge in [0.1, 0.15) is 5.82 Å². The Bertz CT molecular complexity index is 566. The molecule has 1 N–H and O–H groups in total. The molecule has 0 bridgehead atoms. The smallest absolute Gasteiger partial charge is 0.307 e. The van der Waals surface area contributed by atoms with Crippen molar-refractivity contribution >= 4 is 29.4 Å². The largest absolute Gasteiger partial charge is 0.436 e. The summed E-state index contributed by atoms with van der Waals surface area (Å²) in [5.41, 5.74) is 0.318. The van der Waals surface area contributed by atoms with Crippen LogP contribution in [0.4, 0.5) is 5.95 Å². The molecule has 102 valence electrons. The van der Waals surface area contributed by atoms with Crippen LogP contribution in [0, 0.1) is 6.92 Å². The summed E-state index contributed by atoms with van der Waals surface area (Å²) in [6.07, 6.45) is -0.800. The van der Waals surface area contributed by atoms with Gasteiger partial charge >= 0.3 is 5.97 Å². The second kappa shape index (κ2) is 5.00. The first-order valence-electron chi connectivity index (χ1n) is 5.74. The van der Waals surface area contributed by atoms with E-state index in [1.165, 1.54) is 0 Å². The number of carbonyl (C=O) groups is 2. The van der Waals surface area contributed by atoms with Gasteiger partial charge in [0, 0.05) is 12.0 Å². The molecule has 1 aliphatic heterocycles. The summed E-state index contributed by atoms with van der Waals surface area (Å²) in [4.78, 5) is 28.7. The summed E-state index contributed by atoms with van der Waals surface area (Å²) in [5, 5.41) is 6.69.